The first-order valence-electron chi connectivity index (χ1n) is 8.95. The smallest absolute Gasteiger partial charge is 0.410 e. The van der Waals surface area contributed by atoms with Crippen molar-refractivity contribution < 1.29 is 14.6 Å². The van der Waals surface area contributed by atoms with Crippen molar-refractivity contribution in [2.45, 2.75) is 45.3 Å². The van der Waals surface area contributed by atoms with Gasteiger partial charge in [-0.15, -0.1) is 0 Å². The Bertz CT molecular complexity index is 660. The highest BCUT2D eigenvalue weighted by atomic mass is 16.6. The first-order valence-corrected chi connectivity index (χ1v) is 8.95. The van der Waals surface area contributed by atoms with Crippen molar-refractivity contribution in [1.29, 1.82) is 0 Å². The Kier molecular flexibility index (Phi) is 6.80. The number of nitrogens with two attached hydrogens (primary N) is 1. The molecule has 3 N–H and O–H groups in total. The molecule has 1 aliphatic rings. The largest absolute Gasteiger partial charge is 0.444 e. The van der Waals surface area contributed by atoms with Gasteiger partial charge >= 0.3 is 6.09 Å². The minimum Gasteiger partial charge on any atom is -0.444 e. The molecule has 1 unspecified atom stereocenters. The average Bonchev–Trinajstić information content (AvgIpc) is 2.59. The van der Waals surface area contributed by atoms with Crippen LogP contribution in [0.15, 0.2) is 40.9 Å². The van der Waals surface area contributed by atoms with Gasteiger partial charge in [-0.2, -0.15) is 0 Å². The highest BCUT2D eigenvalue weighted by Crippen LogP contribution is 2.14. The first kappa shape index (κ1) is 20.0. The highest BCUT2D eigenvalue weighted by Gasteiger charge is 2.25. The lowest BCUT2D eigenvalue weighted by Crippen LogP contribution is -2.42. The number of aliphatic hydroxyl groups is 1. The lowest BCUT2D eigenvalue weighted by Gasteiger charge is -2.29. The molecule has 6 nitrogen and oxygen atoms in total. The van der Waals surface area contributed by atoms with Crippen LogP contribution in [-0.2, 0) is 11.2 Å². The number of hydrogen-bond donors (Lipinski definition) is 2. The van der Waals surface area contributed by atoms with Gasteiger partial charge in [-0.25, -0.2) is 4.79 Å². The van der Waals surface area contributed by atoms with Crippen LogP contribution in [-0.4, -0.2) is 53.7 Å². The molecule has 1 amide bonds. The maximum Gasteiger partial charge on any atom is 0.410 e. The fourth-order valence-corrected chi connectivity index (χ4v) is 2.60. The summed E-state index contributed by atoms with van der Waals surface area (Å²) in [5.74, 6) is 0. The molecule has 1 heterocycles. The molecule has 0 saturated heterocycles. The Morgan fingerprint density at radius 1 is 1.35 bits per heavy atom. The number of nitrogens with zero attached hydrogens (tertiary/aromatic N) is 2. The Balaban J connectivity index is 2.04. The second-order valence-corrected chi connectivity index (χ2v) is 7.46. The van der Waals surface area contributed by atoms with Crippen molar-refractivity contribution in [3.05, 3.63) is 41.5 Å². The first-order chi connectivity index (χ1) is 12.2. The second kappa shape index (κ2) is 8.85. The van der Waals surface area contributed by atoms with Crippen molar-refractivity contribution in [2.24, 2.45) is 4.99 Å². The number of benzene rings is 1. The van der Waals surface area contributed by atoms with Gasteiger partial charge in [-0.1, -0.05) is 18.2 Å². The molecule has 0 spiro atoms. The third kappa shape index (κ3) is 6.52. The standard InChI is InChI=1S/C20H29N3O3/c1-20(2,3)26-19(25)23(12-10-15-6-8-17(21)9-7-15)14-18(24)16-5-4-11-22-13-16/h5-9,13,18,24H,4,10-12,14,21H2,1-3H3. The van der Waals surface area contributed by atoms with Crippen LogP contribution in [0.4, 0.5) is 10.5 Å². The van der Waals surface area contributed by atoms with E-state index in [0.29, 0.717) is 18.7 Å². The number of rotatable bonds is 6. The molecule has 1 aromatic rings. The molecule has 0 radical (unpaired) electrons. The molecular formula is C20H29N3O3. The maximum absolute atomic E-state index is 12.6. The molecule has 26 heavy (non-hydrogen) atoms. The summed E-state index contributed by atoms with van der Waals surface area (Å²) in [6, 6.07) is 7.56. The van der Waals surface area contributed by atoms with E-state index in [0.717, 1.165) is 24.1 Å². The molecule has 0 fully saturated rings. The molecule has 0 saturated carbocycles. The summed E-state index contributed by atoms with van der Waals surface area (Å²) in [6.45, 7) is 6.84. The third-order valence-corrected chi connectivity index (χ3v) is 3.96. The zero-order chi connectivity index (χ0) is 19.2. The molecule has 0 aromatic heterocycles. The quantitative estimate of drug-likeness (QED) is 0.765. The lowest BCUT2D eigenvalue weighted by atomic mass is 10.1. The zero-order valence-electron chi connectivity index (χ0n) is 15.8. The Morgan fingerprint density at radius 2 is 2.04 bits per heavy atom. The van der Waals surface area contributed by atoms with Gasteiger partial charge in [0.25, 0.3) is 0 Å². The van der Waals surface area contributed by atoms with Crippen LogP contribution < -0.4 is 5.73 Å². The Labute approximate surface area is 155 Å². The summed E-state index contributed by atoms with van der Waals surface area (Å²) < 4.78 is 5.50. The number of anilines is 1. The Morgan fingerprint density at radius 3 is 2.62 bits per heavy atom. The van der Waals surface area contributed by atoms with E-state index >= 15 is 0 Å². The van der Waals surface area contributed by atoms with Crippen molar-refractivity contribution in [2.75, 3.05) is 25.4 Å². The van der Waals surface area contributed by atoms with E-state index in [2.05, 4.69) is 4.99 Å². The Hall–Kier alpha value is -2.34. The molecule has 0 aliphatic carbocycles. The van der Waals surface area contributed by atoms with E-state index in [1.807, 2.05) is 51.1 Å². The maximum atomic E-state index is 12.6. The van der Waals surface area contributed by atoms with Gasteiger partial charge in [0.15, 0.2) is 0 Å². The number of nitrogen functional groups attached to an aromatic ring is 1. The number of amides is 1. The monoisotopic (exact) mass is 359 g/mol. The van der Waals surface area contributed by atoms with Crippen molar-refractivity contribution in [1.82, 2.24) is 4.90 Å². The van der Waals surface area contributed by atoms with Crippen LogP contribution in [0.2, 0.25) is 0 Å². The zero-order valence-corrected chi connectivity index (χ0v) is 15.8. The predicted octanol–water partition coefficient (Wildman–Crippen LogP) is 2.81. The van der Waals surface area contributed by atoms with Crippen molar-refractivity contribution >= 4 is 18.0 Å². The molecule has 1 aliphatic heterocycles. The number of carbonyl (C=O) groups is 1. The second-order valence-electron chi connectivity index (χ2n) is 7.46. The molecule has 142 valence electrons. The third-order valence-electron chi connectivity index (χ3n) is 3.96. The molecular weight excluding hydrogens is 330 g/mol. The summed E-state index contributed by atoms with van der Waals surface area (Å²) in [6.07, 6.45) is 3.89. The number of ether oxygens (including phenoxy) is 1. The molecule has 1 atom stereocenters. The van der Waals surface area contributed by atoms with Crippen LogP contribution in [0.25, 0.3) is 0 Å². The van der Waals surface area contributed by atoms with Crippen molar-refractivity contribution in [3.8, 4) is 0 Å². The van der Waals surface area contributed by atoms with Crippen LogP contribution in [0.1, 0.15) is 32.8 Å². The number of carbonyl (C=O) groups excluding carboxylic acids is 1. The number of aliphatic imine (C=N–C) groups is 1. The topological polar surface area (TPSA) is 88.2 Å². The average molecular weight is 359 g/mol. The number of dihydropyridines is 1. The number of hydrogen-bond acceptors (Lipinski definition) is 5. The van der Waals surface area contributed by atoms with E-state index < -0.39 is 17.8 Å². The van der Waals surface area contributed by atoms with Crippen LogP contribution in [0.5, 0.6) is 0 Å². The summed E-state index contributed by atoms with van der Waals surface area (Å²) >= 11 is 0. The summed E-state index contributed by atoms with van der Waals surface area (Å²) in [4.78, 5) is 18.3. The van der Waals surface area contributed by atoms with Gasteiger partial charge in [0, 0.05) is 25.0 Å². The molecule has 1 aromatic carbocycles. The molecule has 2 rings (SSSR count). The molecule has 0 bridgehead atoms. The van der Waals surface area contributed by atoms with Crippen LogP contribution in [0.3, 0.4) is 0 Å². The summed E-state index contributed by atoms with van der Waals surface area (Å²) in [7, 11) is 0. The normalized spacial score (nSPS) is 15.3. The van der Waals surface area contributed by atoms with E-state index in [1.165, 1.54) is 0 Å². The van der Waals surface area contributed by atoms with E-state index in [1.54, 1.807) is 11.1 Å². The lowest BCUT2D eigenvalue weighted by molar-refractivity contribution is 0.0181. The summed E-state index contributed by atoms with van der Waals surface area (Å²) in [5.41, 5.74) is 7.65. The van der Waals surface area contributed by atoms with Crippen molar-refractivity contribution in [3.63, 3.8) is 0 Å². The van der Waals surface area contributed by atoms with Gasteiger partial charge in [0.05, 0.1) is 12.6 Å². The van der Waals surface area contributed by atoms with Gasteiger partial charge in [0.1, 0.15) is 5.60 Å². The van der Waals surface area contributed by atoms with Crippen LogP contribution >= 0.6 is 0 Å². The fraction of sp³-hybridized carbons (Fsp3) is 0.500. The van der Waals surface area contributed by atoms with E-state index in [9.17, 15) is 9.90 Å². The fourth-order valence-electron chi connectivity index (χ4n) is 2.60. The number of aliphatic hydroxyl groups excluding tert-OH is 1. The van der Waals surface area contributed by atoms with Gasteiger partial charge < -0.3 is 20.5 Å². The van der Waals surface area contributed by atoms with Gasteiger partial charge in [0.2, 0.25) is 0 Å². The minimum absolute atomic E-state index is 0.168. The predicted molar refractivity (Wildman–Crippen MR) is 104 cm³/mol. The van der Waals surface area contributed by atoms with Gasteiger partial charge in [-0.3, -0.25) is 4.99 Å². The van der Waals surface area contributed by atoms with E-state index in [4.69, 9.17) is 10.5 Å². The highest BCUT2D eigenvalue weighted by molar-refractivity contribution is 5.81. The SMILES string of the molecule is CC(C)(C)OC(=O)N(CCc1ccc(N)cc1)CC(O)C1=CCCN=C1. The van der Waals surface area contributed by atoms with Gasteiger partial charge in [-0.05, 0) is 56.9 Å². The summed E-state index contributed by atoms with van der Waals surface area (Å²) in [5, 5.41) is 10.5. The van der Waals surface area contributed by atoms with Crippen LogP contribution in [0, 0.1) is 0 Å². The van der Waals surface area contributed by atoms with E-state index in [-0.39, 0.29) is 6.54 Å². The minimum atomic E-state index is -0.780. The molecule has 6 heteroatoms.